The van der Waals surface area contributed by atoms with Gasteiger partial charge in [0.1, 0.15) is 5.82 Å². The molecule has 22 heavy (non-hydrogen) atoms. The number of halogens is 1. The van der Waals surface area contributed by atoms with Gasteiger partial charge >= 0.3 is 5.97 Å². The normalized spacial score (nSPS) is 11.7. The Morgan fingerprint density at radius 1 is 1.27 bits per heavy atom. The largest absolute Gasteiger partial charge is 0.455 e. The Hall–Kier alpha value is -2.21. The molecular formula is C16H16FNO3S. The summed E-state index contributed by atoms with van der Waals surface area (Å²) in [5.74, 6) is -1.16. The summed E-state index contributed by atoms with van der Waals surface area (Å²) < 4.78 is 17.8. The van der Waals surface area contributed by atoms with E-state index in [1.54, 1.807) is 19.1 Å². The maximum absolute atomic E-state index is 12.8. The predicted molar refractivity (Wildman–Crippen MR) is 81.9 cm³/mol. The average Bonchev–Trinajstić information content (AvgIpc) is 2.98. The summed E-state index contributed by atoms with van der Waals surface area (Å²) in [6.45, 7) is 1.45. The topological polar surface area (TPSA) is 55.4 Å². The van der Waals surface area contributed by atoms with E-state index in [9.17, 15) is 14.0 Å². The second kappa shape index (κ2) is 7.70. The number of nitrogens with one attached hydrogen (secondary N) is 1. The summed E-state index contributed by atoms with van der Waals surface area (Å²) in [5, 5.41) is 4.57. The number of carbonyl (C=O) groups excluding carboxylic acids is 2. The highest BCUT2D eigenvalue weighted by molar-refractivity contribution is 7.10. The van der Waals surface area contributed by atoms with Crippen molar-refractivity contribution >= 4 is 23.2 Å². The van der Waals surface area contributed by atoms with Crippen molar-refractivity contribution < 1.29 is 18.7 Å². The zero-order chi connectivity index (χ0) is 15.9. The standard InChI is InChI=1S/C16H16FNO3S/c1-11(12-4-6-13(17)7-5-12)18-15(19)10-21-16(20)9-14-3-2-8-22-14/h2-8,11H,9-10H2,1H3,(H,18,19). The molecule has 4 nitrogen and oxygen atoms in total. The third kappa shape index (κ3) is 4.96. The monoisotopic (exact) mass is 321 g/mol. The molecule has 0 fully saturated rings. The third-order valence-corrected chi connectivity index (χ3v) is 3.89. The molecule has 1 atom stereocenters. The van der Waals surface area contributed by atoms with Crippen LogP contribution in [0, 0.1) is 5.82 Å². The van der Waals surface area contributed by atoms with Gasteiger partial charge in [0, 0.05) is 4.88 Å². The van der Waals surface area contributed by atoms with Gasteiger partial charge in [-0.1, -0.05) is 18.2 Å². The van der Waals surface area contributed by atoms with Crippen LogP contribution in [0.1, 0.15) is 23.4 Å². The van der Waals surface area contributed by atoms with Crippen LogP contribution < -0.4 is 5.32 Å². The first-order chi connectivity index (χ1) is 10.5. The second-order valence-corrected chi connectivity index (χ2v) is 5.79. The molecule has 0 aliphatic carbocycles. The fourth-order valence-corrected chi connectivity index (χ4v) is 2.56. The molecule has 0 saturated carbocycles. The fraction of sp³-hybridized carbons (Fsp3) is 0.250. The van der Waals surface area contributed by atoms with Gasteiger partial charge in [-0.15, -0.1) is 11.3 Å². The Morgan fingerprint density at radius 2 is 2.00 bits per heavy atom. The number of benzene rings is 1. The van der Waals surface area contributed by atoms with Gasteiger partial charge in [-0.2, -0.15) is 0 Å². The zero-order valence-corrected chi connectivity index (χ0v) is 12.9. The Morgan fingerprint density at radius 3 is 2.64 bits per heavy atom. The molecule has 6 heteroatoms. The molecule has 0 saturated heterocycles. The van der Waals surface area contributed by atoms with E-state index in [1.807, 2.05) is 17.5 Å². The Labute approximate surface area is 131 Å². The summed E-state index contributed by atoms with van der Waals surface area (Å²) in [6.07, 6.45) is 0.165. The lowest BCUT2D eigenvalue weighted by Crippen LogP contribution is -2.31. The summed E-state index contributed by atoms with van der Waals surface area (Å²) in [4.78, 5) is 24.2. The minimum absolute atomic E-state index is 0.165. The Kier molecular flexibility index (Phi) is 5.66. The highest BCUT2D eigenvalue weighted by atomic mass is 32.1. The van der Waals surface area contributed by atoms with E-state index in [4.69, 9.17) is 4.74 Å². The van der Waals surface area contributed by atoms with E-state index in [0.717, 1.165) is 10.4 Å². The van der Waals surface area contributed by atoms with Crippen molar-refractivity contribution in [2.45, 2.75) is 19.4 Å². The summed E-state index contributed by atoms with van der Waals surface area (Å²) in [5.41, 5.74) is 0.777. The van der Waals surface area contributed by atoms with Crippen LogP contribution in [0.4, 0.5) is 4.39 Å². The van der Waals surface area contributed by atoms with Crippen LogP contribution in [0.3, 0.4) is 0 Å². The lowest BCUT2D eigenvalue weighted by molar-refractivity contribution is -0.148. The number of hydrogen-bond acceptors (Lipinski definition) is 4. The number of ether oxygens (including phenoxy) is 1. The van der Waals surface area contributed by atoms with Crippen molar-refractivity contribution in [1.82, 2.24) is 5.32 Å². The number of carbonyl (C=O) groups is 2. The van der Waals surface area contributed by atoms with Crippen molar-refractivity contribution in [2.24, 2.45) is 0 Å². The van der Waals surface area contributed by atoms with Crippen LogP contribution in [0.15, 0.2) is 41.8 Å². The van der Waals surface area contributed by atoms with E-state index < -0.39 is 11.9 Å². The highest BCUT2D eigenvalue weighted by Crippen LogP contribution is 2.13. The molecule has 1 unspecified atom stereocenters. The molecule has 2 aromatic rings. The molecule has 116 valence electrons. The summed E-state index contributed by atoms with van der Waals surface area (Å²) in [7, 11) is 0. The van der Waals surface area contributed by atoms with E-state index in [1.165, 1.54) is 23.5 Å². The average molecular weight is 321 g/mol. The van der Waals surface area contributed by atoms with Crippen LogP contribution in [-0.2, 0) is 20.7 Å². The lowest BCUT2D eigenvalue weighted by atomic mass is 10.1. The molecule has 0 spiro atoms. The van der Waals surface area contributed by atoms with Crippen molar-refractivity contribution in [2.75, 3.05) is 6.61 Å². The highest BCUT2D eigenvalue weighted by Gasteiger charge is 2.12. The van der Waals surface area contributed by atoms with Crippen LogP contribution in [0.2, 0.25) is 0 Å². The maximum Gasteiger partial charge on any atom is 0.311 e. The van der Waals surface area contributed by atoms with Crippen LogP contribution in [0.5, 0.6) is 0 Å². The summed E-state index contributed by atoms with van der Waals surface area (Å²) in [6, 6.07) is 9.26. The van der Waals surface area contributed by atoms with Crippen molar-refractivity contribution in [3.63, 3.8) is 0 Å². The zero-order valence-electron chi connectivity index (χ0n) is 12.0. The van der Waals surface area contributed by atoms with Crippen LogP contribution in [0.25, 0.3) is 0 Å². The van der Waals surface area contributed by atoms with Gasteiger partial charge in [0.05, 0.1) is 12.5 Å². The molecule has 1 N–H and O–H groups in total. The summed E-state index contributed by atoms with van der Waals surface area (Å²) >= 11 is 1.46. The smallest absolute Gasteiger partial charge is 0.311 e. The molecular weight excluding hydrogens is 305 g/mol. The molecule has 0 bridgehead atoms. The van der Waals surface area contributed by atoms with Crippen molar-refractivity contribution in [3.05, 3.63) is 58.0 Å². The van der Waals surface area contributed by atoms with Gasteiger partial charge in [0.2, 0.25) is 0 Å². The van der Waals surface area contributed by atoms with Crippen LogP contribution in [-0.4, -0.2) is 18.5 Å². The van der Waals surface area contributed by atoms with Crippen molar-refractivity contribution in [3.8, 4) is 0 Å². The van der Waals surface area contributed by atoms with Gasteiger partial charge in [-0.05, 0) is 36.1 Å². The SMILES string of the molecule is CC(NC(=O)COC(=O)Cc1cccs1)c1ccc(F)cc1. The first-order valence-electron chi connectivity index (χ1n) is 6.77. The van der Waals surface area contributed by atoms with Gasteiger partial charge < -0.3 is 10.1 Å². The van der Waals surface area contributed by atoms with Gasteiger partial charge in [-0.25, -0.2) is 4.39 Å². The molecule has 1 aromatic carbocycles. The van der Waals surface area contributed by atoms with E-state index >= 15 is 0 Å². The van der Waals surface area contributed by atoms with Crippen molar-refractivity contribution in [1.29, 1.82) is 0 Å². The number of thiophene rings is 1. The first-order valence-corrected chi connectivity index (χ1v) is 7.65. The number of esters is 1. The molecule has 1 heterocycles. The minimum Gasteiger partial charge on any atom is -0.455 e. The first kappa shape index (κ1) is 16.2. The fourth-order valence-electron chi connectivity index (χ4n) is 1.87. The Balaban J connectivity index is 1.75. The predicted octanol–water partition coefficient (Wildman–Crippen LogP) is 2.85. The van der Waals surface area contributed by atoms with E-state index in [2.05, 4.69) is 5.32 Å². The third-order valence-electron chi connectivity index (χ3n) is 3.01. The molecule has 0 radical (unpaired) electrons. The molecule has 1 amide bonds. The second-order valence-electron chi connectivity index (χ2n) is 4.76. The van der Waals surface area contributed by atoms with Gasteiger partial charge in [0.15, 0.2) is 6.61 Å². The Bertz CT molecular complexity index is 625. The van der Waals surface area contributed by atoms with E-state index in [-0.39, 0.29) is 24.9 Å². The van der Waals surface area contributed by atoms with E-state index in [0.29, 0.717) is 0 Å². The lowest BCUT2D eigenvalue weighted by Gasteiger charge is -2.14. The molecule has 0 aliphatic heterocycles. The number of rotatable bonds is 6. The molecule has 2 rings (SSSR count). The van der Waals surface area contributed by atoms with Gasteiger partial charge in [-0.3, -0.25) is 9.59 Å². The van der Waals surface area contributed by atoms with Crippen LogP contribution >= 0.6 is 11.3 Å². The minimum atomic E-state index is -0.438. The molecule has 0 aliphatic rings. The maximum atomic E-state index is 12.8. The number of hydrogen-bond donors (Lipinski definition) is 1. The van der Waals surface area contributed by atoms with Gasteiger partial charge in [0.25, 0.3) is 5.91 Å². The molecule has 1 aromatic heterocycles. The number of amides is 1. The quantitative estimate of drug-likeness (QED) is 0.832.